The highest BCUT2D eigenvalue weighted by atomic mass is 16.7. The first-order valence-electron chi connectivity index (χ1n) is 14.9. The number of unbranched alkanes of at least 4 members (excludes halogenated alkanes) is 1. The van der Waals surface area contributed by atoms with Gasteiger partial charge in [0.05, 0.1) is 11.2 Å². The smallest absolute Gasteiger partial charge is 0.457 e. The lowest BCUT2D eigenvalue weighted by Crippen LogP contribution is -2.54. The van der Waals surface area contributed by atoms with E-state index in [9.17, 15) is 24.3 Å². The summed E-state index contributed by atoms with van der Waals surface area (Å²) >= 11 is 0. The van der Waals surface area contributed by atoms with Gasteiger partial charge in [-0.1, -0.05) is 19.8 Å². The van der Waals surface area contributed by atoms with Gasteiger partial charge in [-0.05, 0) is 88.4 Å². The van der Waals surface area contributed by atoms with E-state index in [0.717, 1.165) is 0 Å². The van der Waals surface area contributed by atoms with E-state index < -0.39 is 71.2 Å². The molecule has 0 aliphatic carbocycles. The number of likely N-dealkylation sites (tertiary alicyclic amines) is 1. The van der Waals surface area contributed by atoms with Gasteiger partial charge in [0.15, 0.2) is 0 Å². The van der Waals surface area contributed by atoms with Gasteiger partial charge in [0.1, 0.15) is 22.8 Å². The number of rotatable bonds is 10. The predicted molar refractivity (Wildman–Crippen MR) is 158 cm³/mol. The van der Waals surface area contributed by atoms with Crippen LogP contribution in [0.5, 0.6) is 0 Å². The van der Waals surface area contributed by atoms with Crippen molar-refractivity contribution in [3.05, 3.63) is 0 Å². The molecule has 0 aromatic carbocycles. The number of nitrogens with one attached hydrogen (secondary N) is 2. The molecule has 0 radical (unpaired) electrons. The first kappa shape index (κ1) is 35.7. The molecule has 0 aromatic heterocycles. The Morgan fingerprint density at radius 1 is 0.976 bits per heavy atom. The van der Waals surface area contributed by atoms with Gasteiger partial charge in [0.25, 0.3) is 0 Å². The zero-order valence-electron chi connectivity index (χ0n) is 27.3. The van der Waals surface area contributed by atoms with Gasteiger partial charge >= 0.3 is 25.3 Å². The fourth-order valence-electron chi connectivity index (χ4n) is 5.10. The van der Waals surface area contributed by atoms with Gasteiger partial charge < -0.3 is 34.5 Å². The molecule has 3 unspecified atom stereocenters. The van der Waals surface area contributed by atoms with Crippen molar-refractivity contribution in [2.45, 2.75) is 155 Å². The zero-order chi connectivity index (χ0) is 32.3. The molecule has 2 aliphatic rings. The average molecular weight is 598 g/mol. The maximum atomic E-state index is 13.3. The van der Waals surface area contributed by atoms with Crippen LogP contribution in [-0.2, 0) is 28.4 Å². The maximum Gasteiger partial charge on any atom is 0.457 e. The van der Waals surface area contributed by atoms with Crippen LogP contribution in [-0.4, -0.2) is 87.8 Å². The van der Waals surface area contributed by atoms with Crippen LogP contribution < -0.4 is 10.6 Å². The van der Waals surface area contributed by atoms with Crippen molar-refractivity contribution in [2.24, 2.45) is 0 Å². The Morgan fingerprint density at radius 2 is 1.52 bits per heavy atom. The summed E-state index contributed by atoms with van der Waals surface area (Å²) in [5.41, 5.74) is -4.08. The molecule has 0 saturated carbocycles. The summed E-state index contributed by atoms with van der Waals surface area (Å²) in [7, 11) is -0.406. The molecule has 2 heterocycles. The van der Waals surface area contributed by atoms with Crippen molar-refractivity contribution >= 4 is 31.2 Å². The van der Waals surface area contributed by atoms with Crippen molar-refractivity contribution in [3.63, 3.8) is 0 Å². The number of ether oxygens (including phenoxy) is 2. The molecule has 3 atom stereocenters. The number of aliphatic carboxylic acids is 1. The number of carbonyl (C=O) groups is 4. The highest BCUT2D eigenvalue weighted by Crippen LogP contribution is 2.39. The first-order valence-corrected chi connectivity index (χ1v) is 14.9. The van der Waals surface area contributed by atoms with Gasteiger partial charge in [-0.15, -0.1) is 0 Å². The molecule has 240 valence electrons. The number of amides is 3. The van der Waals surface area contributed by atoms with E-state index >= 15 is 0 Å². The summed E-state index contributed by atoms with van der Waals surface area (Å²) in [5.74, 6) is -1.65. The quantitative estimate of drug-likeness (QED) is 0.244. The standard InChI is InChI=1S/C29H52BN3O9/c1-12-20(32-23(37)39-25(2,3)4)21(34)31-19-17-29(22(35)36,33(18-19)24(38)40-26(5,6)7)15-13-14-16-30-41-27(8,9)28(10,11)42-30/h19-20H,12-18H2,1-11H3,(H,31,34)(H,32,37)(H,35,36). The maximum absolute atomic E-state index is 13.3. The number of carbonyl (C=O) groups excluding carboxylic acids is 3. The summed E-state index contributed by atoms with van der Waals surface area (Å²) in [6.45, 7) is 19.9. The molecule has 2 saturated heterocycles. The molecule has 13 heteroatoms. The van der Waals surface area contributed by atoms with Crippen LogP contribution in [0.3, 0.4) is 0 Å². The summed E-state index contributed by atoms with van der Waals surface area (Å²) < 4.78 is 23.0. The van der Waals surface area contributed by atoms with E-state index in [1.165, 1.54) is 4.90 Å². The Hall–Kier alpha value is -2.54. The number of alkyl carbamates (subject to hydrolysis) is 1. The van der Waals surface area contributed by atoms with Crippen molar-refractivity contribution in [1.29, 1.82) is 0 Å². The predicted octanol–water partition coefficient (Wildman–Crippen LogP) is 4.50. The minimum absolute atomic E-state index is 0.00726. The van der Waals surface area contributed by atoms with E-state index in [4.69, 9.17) is 18.8 Å². The van der Waals surface area contributed by atoms with Gasteiger partial charge in [-0.25, -0.2) is 14.4 Å². The highest BCUT2D eigenvalue weighted by molar-refractivity contribution is 6.45. The Kier molecular flexibility index (Phi) is 11.0. The van der Waals surface area contributed by atoms with E-state index in [1.807, 2.05) is 27.7 Å². The summed E-state index contributed by atoms with van der Waals surface area (Å²) in [5, 5.41) is 15.9. The van der Waals surface area contributed by atoms with Crippen molar-refractivity contribution < 1.29 is 43.1 Å². The molecule has 2 rings (SSSR count). The number of carboxylic acid groups (broad SMARTS) is 1. The van der Waals surface area contributed by atoms with Crippen LogP contribution in [0.4, 0.5) is 9.59 Å². The summed E-state index contributed by atoms with van der Waals surface area (Å²) in [4.78, 5) is 52.8. The minimum atomic E-state index is -1.59. The molecule has 2 fully saturated rings. The highest BCUT2D eigenvalue weighted by Gasteiger charge is 2.55. The molecule has 42 heavy (non-hydrogen) atoms. The lowest BCUT2D eigenvalue weighted by Gasteiger charge is -2.35. The van der Waals surface area contributed by atoms with Crippen molar-refractivity contribution in [3.8, 4) is 0 Å². The molecule has 3 N–H and O–H groups in total. The van der Waals surface area contributed by atoms with Crippen LogP contribution in [0.1, 0.15) is 108 Å². The van der Waals surface area contributed by atoms with E-state index in [-0.39, 0.29) is 25.8 Å². The third-order valence-electron chi connectivity index (χ3n) is 7.86. The normalized spacial score (nSPS) is 24.2. The molecular weight excluding hydrogens is 545 g/mol. The van der Waals surface area contributed by atoms with E-state index in [0.29, 0.717) is 19.2 Å². The van der Waals surface area contributed by atoms with Gasteiger partial charge in [0.2, 0.25) is 5.91 Å². The second-order valence-corrected chi connectivity index (χ2v) is 14.4. The third-order valence-corrected chi connectivity index (χ3v) is 7.86. The SMILES string of the molecule is CCC(NC(=O)OC(C)(C)C)C(=O)NC1CN(C(=O)OC(C)(C)C)C(CCCCB2OC(C)(C)C(C)(C)O2)(C(=O)O)C1. The minimum Gasteiger partial charge on any atom is -0.479 e. The first-order chi connectivity index (χ1) is 19.0. The van der Waals surface area contributed by atoms with Crippen LogP contribution in [0.2, 0.25) is 6.32 Å². The Bertz CT molecular complexity index is 989. The second kappa shape index (κ2) is 13.0. The molecule has 0 spiro atoms. The number of nitrogens with zero attached hydrogens (tertiary/aromatic N) is 1. The van der Waals surface area contributed by atoms with E-state index in [1.54, 1.807) is 48.5 Å². The van der Waals surface area contributed by atoms with Crippen molar-refractivity contribution in [1.82, 2.24) is 15.5 Å². The average Bonchev–Trinajstić information content (AvgIpc) is 3.26. The third kappa shape index (κ3) is 9.23. The van der Waals surface area contributed by atoms with Crippen molar-refractivity contribution in [2.75, 3.05) is 6.54 Å². The monoisotopic (exact) mass is 597 g/mol. The zero-order valence-corrected chi connectivity index (χ0v) is 27.3. The Morgan fingerprint density at radius 3 is 2.00 bits per heavy atom. The van der Waals surface area contributed by atoms with E-state index in [2.05, 4.69) is 10.6 Å². The summed E-state index contributed by atoms with van der Waals surface area (Å²) in [6, 6.07) is -1.56. The largest absolute Gasteiger partial charge is 0.479 e. The number of hydrogen-bond donors (Lipinski definition) is 3. The number of carboxylic acids is 1. The van der Waals surface area contributed by atoms with Gasteiger partial charge in [0, 0.05) is 19.0 Å². The fourth-order valence-corrected chi connectivity index (χ4v) is 5.10. The fraction of sp³-hybridized carbons (Fsp3) is 0.862. The van der Waals surface area contributed by atoms with Gasteiger partial charge in [-0.3, -0.25) is 9.69 Å². The Balaban J connectivity index is 2.16. The number of hydrogen-bond acceptors (Lipinski definition) is 8. The molecule has 0 aromatic rings. The summed E-state index contributed by atoms with van der Waals surface area (Å²) in [6.07, 6.45) is 0.615. The van der Waals surface area contributed by atoms with Crippen LogP contribution in [0, 0.1) is 0 Å². The van der Waals surface area contributed by atoms with Crippen LogP contribution >= 0.6 is 0 Å². The second-order valence-electron chi connectivity index (χ2n) is 14.4. The lowest BCUT2D eigenvalue weighted by atomic mass is 9.80. The lowest BCUT2D eigenvalue weighted by molar-refractivity contribution is -0.150. The molecule has 3 amide bonds. The molecule has 12 nitrogen and oxygen atoms in total. The molecule has 2 aliphatic heterocycles. The Labute approximate surface area is 251 Å². The molecule has 0 bridgehead atoms. The van der Waals surface area contributed by atoms with Crippen LogP contribution in [0.15, 0.2) is 0 Å². The topological polar surface area (TPSA) is 153 Å². The van der Waals surface area contributed by atoms with Gasteiger partial charge in [-0.2, -0.15) is 0 Å². The molecular formula is C29H52BN3O9. The van der Waals surface area contributed by atoms with Crippen LogP contribution in [0.25, 0.3) is 0 Å².